The van der Waals surface area contributed by atoms with Gasteiger partial charge in [0, 0.05) is 24.8 Å². The Morgan fingerprint density at radius 2 is 2.15 bits per heavy atom. The predicted octanol–water partition coefficient (Wildman–Crippen LogP) is 3.11. The van der Waals surface area contributed by atoms with Crippen LogP contribution in [0.15, 0.2) is 18.2 Å². The fraction of sp³-hybridized carbons (Fsp3) is 0.625. The number of nitrogens with zero attached hydrogens (tertiary/aromatic N) is 1. The number of hydrogen-bond donors (Lipinski definition) is 1. The molecule has 112 valence electrons. The number of nitrogens with one attached hydrogen (secondary N) is 1. The summed E-state index contributed by atoms with van der Waals surface area (Å²) in [6.07, 6.45) is 0.168. The van der Waals surface area contributed by atoms with Gasteiger partial charge in [0.25, 0.3) is 0 Å². The summed E-state index contributed by atoms with van der Waals surface area (Å²) in [6.45, 7) is 9.97. The van der Waals surface area contributed by atoms with E-state index >= 15 is 0 Å². The molecule has 0 bridgehead atoms. The molecule has 1 saturated heterocycles. The van der Waals surface area contributed by atoms with Gasteiger partial charge in [0.05, 0.1) is 11.7 Å². The Bertz CT molecular complexity index is 476. The fourth-order valence-electron chi connectivity index (χ4n) is 2.95. The molecule has 2 rings (SSSR count). The molecular formula is C16H25FN2O. The van der Waals surface area contributed by atoms with E-state index in [1.807, 2.05) is 20.0 Å². The molecule has 1 aromatic carbocycles. The molecule has 0 radical (unpaired) electrons. The van der Waals surface area contributed by atoms with Crippen LogP contribution in [0.25, 0.3) is 0 Å². The molecule has 4 heteroatoms. The molecule has 0 aromatic heterocycles. The number of halogens is 1. The number of rotatable bonds is 3. The molecule has 0 saturated carbocycles. The van der Waals surface area contributed by atoms with E-state index in [1.54, 1.807) is 6.07 Å². The van der Waals surface area contributed by atoms with Crippen molar-refractivity contribution in [3.63, 3.8) is 0 Å². The van der Waals surface area contributed by atoms with Gasteiger partial charge >= 0.3 is 0 Å². The lowest BCUT2D eigenvalue weighted by molar-refractivity contribution is -0.0750. The smallest absolute Gasteiger partial charge is 0.123 e. The quantitative estimate of drug-likeness (QED) is 0.920. The van der Waals surface area contributed by atoms with Gasteiger partial charge in [0.2, 0.25) is 0 Å². The molecule has 1 N–H and O–H groups in total. The summed E-state index contributed by atoms with van der Waals surface area (Å²) >= 11 is 0. The summed E-state index contributed by atoms with van der Waals surface area (Å²) in [6, 6.07) is 5.16. The lowest BCUT2D eigenvalue weighted by atomic mass is 10.0. The lowest BCUT2D eigenvalue weighted by Gasteiger charge is -2.43. The van der Waals surface area contributed by atoms with Gasteiger partial charge in [-0.1, -0.05) is 0 Å². The maximum atomic E-state index is 13.6. The number of hydrogen-bond acceptors (Lipinski definition) is 3. The highest BCUT2D eigenvalue weighted by molar-refractivity contribution is 5.56. The van der Waals surface area contributed by atoms with Crippen molar-refractivity contribution in [3.8, 4) is 0 Å². The van der Waals surface area contributed by atoms with Gasteiger partial charge in [-0.05, 0) is 58.5 Å². The zero-order valence-corrected chi connectivity index (χ0v) is 13.0. The van der Waals surface area contributed by atoms with E-state index in [4.69, 9.17) is 4.74 Å². The van der Waals surface area contributed by atoms with Crippen molar-refractivity contribution < 1.29 is 9.13 Å². The van der Waals surface area contributed by atoms with Gasteiger partial charge in [0.1, 0.15) is 5.82 Å². The second kappa shape index (κ2) is 5.70. The standard InChI is InChI=1S/C16H25FN2O/c1-11-9-19(10-16(3,4)20-11)15-7-6-13(17)8-14(15)12(2)18-5/h6-8,11-12,18H,9-10H2,1-5H3. The summed E-state index contributed by atoms with van der Waals surface area (Å²) in [5.74, 6) is -0.189. The zero-order valence-electron chi connectivity index (χ0n) is 13.0. The van der Waals surface area contributed by atoms with E-state index in [-0.39, 0.29) is 23.6 Å². The highest BCUT2D eigenvalue weighted by Crippen LogP contribution is 2.31. The van der Waals surface area contributed by atoms with Crippen molar-refractivity contribution in [2.24, 2.45) is 0 Å². The molecular weight excluding hydrogens is 255 g/mol. The van der Waals surface area contributed by atoms with E-state index in [1.165, 1.54) is 6.07 Å². The van der Waals surface area contributed by atoms with Crippen LogP contribution in [0.3, 0.4) is 0 Å². The number of benzene rings is 1. The van der Waals surface area contributed by atoms with Gasteiger partial charge < -0.3 is 15.0 Å². The Morgan fingerprint density at radius 3 is 2.75 bits per heavy atom. The normalized spacial score (nSPS) is 23.7. The SMILES string of the molecule is CNC(C)c1cc(F)ccc1N1CC(C)OC(C)(C)C1. The molecule has 0 aliphatic carbocycles. The summed E-state index contributed by atoms with van der Waals surface area (Å²) in [7, 11) is 1.89. The summed E-state index contributed by atoms with van der Waals surface area (Å²) in [5, 5.41) is 3.20. The summed E-state index contributed by atoms with van der Waals surface area (Å²) in [4.78, 5) is 2.30. The fourth-order valence-corrected chi connectivity index (χ4v) is 2.95. The Balaban J connectivity index is 2.36. The number of morpholine rings is 1. The first-order valence-corrected chi connectivity index (χ1v) is 7.22. The monoisotopic (exact) mass is 280 g/mol. The lowest BCUT2D eigenvalue weighted by Crippen LogP contribution is -2.52. The van der Waals surface area contributed by atoms with Crippen molar-refractivity contribution in [2.75, 3.05) is 25.0 Å². The maximum absolute atomic E-state index is 13.6. The van der Waals surface area contributed by atoms with Crippen LogP contribution in [0.1, 0.15) is 39.3 Å². The molecule has 1 aliphatic heterocycles. The van der Waals surface area contributed by atoms with Crippen LogP contribution in [0.5, 0.6) is 0 Å². The molecule has 1 aliphatic rings. The van der Waals surface area contributed by atoms with Gasteiger partial charge in [-0.15, -0.1) is 0 Å². The second-order valence-corrected chi connectivity index (χ2v) is 6.28. The zero-order chi connectivity index (χ0) is 14.9. The van der Waals surface area contributed by atoms with Crippen molar-refractivity contribution in [1.29, 1.82) is 0 Å². The third-order valence-corrected chi connectivity index (χ3v) is 3.80. The van der Waals surface area contributed by atoms with Crippen LogP contribution in [-0.2, 0) is 4.74 Å². The molecule has 1 fully saturated rings. The Labute approximate surface area is 121 Å². The predicted molar refractivity (Wildman–Crippen MR) is 80.7 cm³/mol. The second-order valence-electron chi connectivity index (χ2n) is 6.28. The first-order chi connectivity index (χ1) is 9.32. The minimum atomic E-state index is -0.189. The third kappa shape index (κ3) is 3.30. The van der Waals surface area contributed by atoms with E-state index in [0.29, 0.717) is 0 Å². The minimum absolute atomic E-state index is 0.113. The Kier molecular flexibility index (Phi) is 4.35. The molecule has 0 amide bonds. The topological polar surface area (TPSA) is 24.5 Å². The first kappa shape index (κ1) is 15.3. The maximum Gasteiger partial charge on any atom is 0.123 e. The van der Waals surface area contributed by atoms with E-state index in [2.05, 4.69) is 31.0 Å². The molecule has 2 unspecified atom stereocenters. The third-order valence-electron chi connectivity index (χ3n) is 3.80. The van der Waals surface area contributed by atoms with Crippen molar-refractivity contribution in [1.82, 2.24) is 5.32 Å². The van der Waals surface area contributed by atoms with Crippen LogP contribution < -0.4 is 10.2 Å². The van der Waals surface area contributed by atoms with Gasteiger partial charge in [-0.3, -0.25) is 0 Å². The van der Waals surface area contributed by atoms with E-state index < -0.39 is 0 Å². The van der Waals surface area contributed by atoms with Crippen LogP contribution in [0.2, 0.25) is 0 Å². The van der Waals surface area contributed by atoms with Gasteiger partial charge in [-0.25, -0.2) is 4.39 Å². The molecule has 1 aromatic rings. The molecule has 2 atom stereocenters. The van der Waals surface area contributed by atoms with E-state index in [9.17, 15) is 4.39 Å². The minimum Gasteiger partial charge on any atom is -0.369 e. The van der Waals surface area contributed by atoms with Crippen LogP contribution in [0, 0.1) is 5.82 Å². The average Bonchev–Trinajstić information content (AvgIpc) is 2.35. The summed E-state index contributed by atoms with van der Waals surface area (Å²) in [5.41, 5.74) is 1.90. The Morgan fingerprint density at radius 1 is 1.45 bits per heavy atom. The summed E-state index contributed by atoms with van der Waals surface area (Å²) < 4.78 is 19.5. The first-order valence-electron chi connectivity index (χ1n) is 7.22. The Hall–Kier alpha value is -1.13. The highest BCUT2D eigenvalue weighted by atomic mass is 19.1. The van der Waals surface area contributed by atoms with Gasteiger partial charge in [-0.2, -0.15) is 0 Å². The van der Waals surface area contributed by atoms with Crippen LogP contribution in [0.4, 0.5) is 10.1 Å². The molecule has 1 heterocycles. The van der Waals surface area contributed by atoms with Gasteiger partial charge in [0.15, 0.2) is 0 Å². The van der Waals surface area contributed by atoms with Crippen molar-refractivity contribution in [2.45, 2.75) is 45.4 Å². The van der Waals surface area contributed by atoms with Crippen LogP contribution >= 0.6 is 0 Å². The van der Waals surface area contributed by atoms with Crippen molar-refractivity contribution in [3.05, 3.63) is 29.6 Å². The average molecular weight is 280 g/mol. The van der Waals surface area contributed by atoms with E-state index in [0.717, 1.165) is 24.3 Å². The largest absolute Gasteiger partial charge is 0.369 e. The number of anilines is 1. The molecule has 20 heavy (non-hydrogen) atoms. The molecule has 0 spiro atoms. The number of ether oxygens (including phenoxy) is 1. The van der Waals surface area contributed by atoms with Crippen molar-refractivity contribution >= 4 is 5.69 Å². The molecule has 3 nitrogen and oxygen atoms in total. The van der Waals surface area contributed by atoms with Crippen LogP contribution in [-0.4, -0.2) is 31.8 Å². The highest BCUT2D eigenvalue weighted by Gasteiger charge is 2.32.